The van der Waals surface area contributed by atoms with Crippen LogP contribution >= 0.6 is 27.5 Å². The third-order valence-electron chi connectivity index (χ3n) is 2.36. The highest BCUT2D eigenvalue weighted by Crippen LogP contribution is 2.36. The Morgan fingerprint density at radius 3 is 2.52 bits per heavy atom. The fourth-order valence-corrected chi connectivity index (χ4v) is 1.88. The molecule has 0 aliphatic rings. The number of halogens is 2. The van der Waals surface area contributed by atoms with Crippen molar-refractivity contribution >= 4 is 45.2 Å². The van der Waals surface area contributed by atoms with E-state index in [0.29, 0.717) is 0 Å². The smallest absolute Gasteiger partial charge is 0.344 e. The predicted molar refractivity (Wildman–Crippen MR) is 74.7 cm³/mol. The van der Waals surface area contributed by atoms with Gasteiger partial charge < -0.3 is 14.9 Å². The van der Waals surface area contributed by atoms with Crippen LogP contribution in [0.3, 0.4) is 0 Å². The summed E-state index contributed by atoms with van der Waals surface area (Å²) in [5, 5.41) is 28.5. The molecule has 0 spiro atoms. The van der Waals surface area contributed by atoms with Crippen molar-refractivity contribution < 1.29 is 29.5 Å². The molecule has 10 heteroatoms. The van der Waals surface area contributed by atoms with Gasteiger partial charge in [-0.2, -0.15) is 0 Å². The number of aliphatic carboxylic acids is 2. The molecule has 0 heterocycles. The van der Waals surface area contributed by atoms with Gasteiger partial charge in [0.05, 0.1) is 9.95 Å². The van der Waals surface area contributed by atoms with E-state index < -0.39 is 35.1 Å². The summed E-state index contributed by atoms with van der Waals surface area (Å²) in [6.07, 6.45) is -2.32. The highest BCUT2D eigenvalue weighted by atomic mass is 79.9. The molecule has 0 radical (unpaired) electrons. The number of hydrogen-bond acceptors (Lipinski definition) is 5. The summed E-state index contributed by atoms with van der Waals surface area (Å²) in [4.78, 5) is 31.7. The van der Waals surface area contributed by atoms with Gasteiger partial charge in [-0.25, -0.2) is 4.79 Å². The maximum atomic E-state index is 11.0. The van der Waals surface area contributed by atoms with Crippen LogP contribution in [0.1, 0.15) is 12.8 Å². The fourth-order valence-electron chi connectivity index (χ4n) is 1.40. The second-order valence-corrected chi connectivity index (χ2v) is 5.13. The Bertz CT molecular complexity index is 592. The minimum Gasteiger partial charge on any atom is -0.481 e. The van der Waals surface area contributed by atoms with Crippen molar-refractivity contribution in [2.45, 2.75) is 18.9 Å². The van der Waals surface area contributed by atoms with Crippen molar-refractivity contribution in [1.29, 1.82) is 0 Å². The molecule has 0 bridgehead atoms. The summed E-state index contributed by atoms with van der Waals surface area (Å²) in [6.45, 7) is 0. The van der Waals surface area contributed by atoms with Crippen LogP contribution < -0.4 is 4.74 Å². The molecule has 0 saturated carbocycles. The average molecular weight is 383 g/mol. The lowest BCUT2D eigenvalue weighted by atomic mass is 10.2. The fraction of sp³-hybridized carbons (Fsp3) is 0.273. The van der Waals surface area contributed by atoms with Crippen LogP contribution in [0.25, 0.3) is 0 Å². The summed E-state index contributed by atoms with van der Waals surface area (Å²) in [6, 6.07) is 2.17. The van der Waals surface area contributed by atoms with Crippen LogP contribution in [0.5, 0.6) is 5.75 Å². The number of ether oxygens (including phenoxy) is 1. The van der Waals surface area contributed by atoms with Crippen LogP contribution in [0.4, 0.5) is 5.69 Å². The van der Waals surface area contributed by atoms with Crippen LogP contribution in [0, 0.1) is 10.1 Å². The monoisotopic (exact) mass is 381 g/mol. The van der Waals surface area contributed by atoms with Crippen molar-refractivity contribution in [3.05, 3.63) is 31.7 Å². The first-order valence-electron chi connectivity index (χ1n) is 5.47. The Balaban J connectivity index is 3.07. The first kappa shape index (κ1) is 17.2. The molecule has 0 aliphatic heterocycles. The first-order valence-corrected chi connectivity index (χ1v) is 6.64. The molecule has 1 atom stereocenters. The lowest BCUT2D eigenvalue weighted by Crippen LogP contribution is -2.28. The first-order chi connectivity index (χ1) is 9.72. The summed E-state index contributed by atoms with van der Waals surface area (Å²) in [7, 11) is 0. The third-order valence-corrected chi connectivity index (χ3v) is 3.56. The minimum absolute atomic E-state index is 0.0953. The van der Waals surface area contributed by atoms with E-state index >= 15 is 0 Å². The second kappa shape index (κ2) is 7.23. The van der Waals surface area contributed by atoms with Crippen LogP contribution in [-0.2, 0) is 9.59 Å². The number of benzene rings is 1. The predicted octanol–water partition coefficient (Wildman–Crippen LogP) is 2.71. The standard InChI is InChI=1S/C11H9BrClNO7/c12-5-3-7(14(19)20)9(4-6(5)13)21-8(11(17)18)1-2-10(15)16/h3-4,8H,1-2H2,(H,15,16)(H,17,18). The molecule has 1 aromatic carbocycles. The summed E-state index contributed by atoms with van der Waals surface area (Å²) < 4.78 is 5.30. The highest BCUT2D eigenvalue weighted by molar-refractivity contribution is 9.10. The van der Waals surface area contributed by atoms with Gasteiger partial charge in [0.25, 0.3) is 0 Å². The third kappa shape index (κ3) is 4.87. The van der Waals surface area contributed by atoms with Crippen molar-refractivity contribution in [2.24, 2.45) is 0 Å². The largest absolute Gasteiger partial charge is 0.481 e. The van der Waals surface area contributed by atoms with Crippen LogP contribution in [0.15, 0.2) is 16.6 Å². The van der Waals surface area contributed by atoms with E-state index in [1.165, 1.54) is 0 Å². The second-order valence-electron chi connectivity index (χ2n) is 3.87. The van der Waals surface area contributed by atoms with Gasteiger partial charge in [-0.3, -0.25) is 14.9 Å². The number of carboxylic acid groups (broad SMARTS) is 2. The Morgan fingerprint density at radius 1 is 1.43 bits per heavy atom. The number of nitro groups is 1. The maximum Gasteiger partial charge on any atom is 0.344 e. The lowest BCUT2D eigenvalue weighted by Gasteiger charge is -2.14. The molecule has 2 N–H and O–H groups in total. The summed E-state index contributed by atoms with van der Waals surface area (Å²) in [5.74, 6) is -2.97. The number of nitro benzene ring substituents is 1. The molecular weight excluding hydrogens is 373 g/mol. The van der Waals surface area contributed by atoms with E-state index in [4.69, 9.17) is 26.6 Å². The zero-order chi connectivity index (χ0) is 16.2. The lowest BCUT2D eigenvalue weighted by molar-refractivity contribution is -0.386. The molecule has 21 heavy (non-hydrogen) atoms. The van der Waals surface area contributed by atoms with Gasteiger partial charge in [0, 0.05) is 29.4 Å². The van der Waals surface area contributed by atoms with E-state index in [1.807, 2.05) is 0 Å². The van der Waals surface area contributed by atoms with E-state index in [9.17, 15) is 19.7 Å². The Labute approximate surface area is 131 Å². The molecule has 0 aliphatic carbocycles. The molecule has 8 nitrogen and oxygen atoms in total. The quantitative estimate of drug-likeness (QED) is 0.548. The zero-order valence-electron chi connectivity index (χ0n) is 10.3. The van der Waals surface area contributed by atoms with Crippen molar-refractivity contribution in [3.8, 4) is 5.75 Å². The molecule has 1 unspecified atom stereocenters. The topological polar surface area (TPSA) is 127 Å². The Morgan fingerprint density at radius 2 is 2.05 bits per heavy atom. The number of carbonyl (C=O) groups is 2. The molecule has 1 aromatic rings. The highest BCUT2D eigenvalue weighted by Gasteiger charge is 2.26. The normalized spacial score (nSPS) is 11.7. The molecule has 0 amide bonds. The van der Waals surface area contributed by atoms with Gasteiger partial charge in [-0.05, 0) is 15.9 Å². The molecule has 0 saturated heterocycles. The average Bonchev–Trinajstić information content (AvgIpc) is 2.37. The van der Waals surface area contributed by atoms with Crippen molar-refractivity contribution in [2.75, 3.05) is 0 Å². The summed E-state index contributed by atoms with van der Waals surface area (Å²) >= 11 is 8.80. The zero-order valence-corrected chi connectivity index (χ0v) is 12.6. The molecule has 0 fully saturated rings. The van der Waals surface area contributed by atoms with Gasteiger partial charge in [-0.1, -0.05) is 11.6 Å². The number of rotatable bonds is 7. The van der Waals surface area contributed by atoms with Crippen molar-refractivity contribution in [1.82, 2.24) is 0 Å². The van der Waals surface area contributed by atoms with Gasteiger partial charge in [-0.15, -0.1) is 0 Å². The molecule has 114 valence electrons. The summed E-state index contributed by atoms with van der Waals surface area (Å²) in [5.41, 5.74) is -0.479. The van der Waals surface area contributed by atoms with Gasteiger partial charge in [0.15, 0.2) is 11.9 Å². The Kier molecular flexibility index (Phi) is 5.91. The van der Waals surface area contributed by atoms with Gasteiger partial charge in [0.2, 0.25) is 0 Å². The molecule has 0 aromatic heterocycles. The Hall–Kier alpha value is -1.87. The van der Waals surface area contributed by atoms with Gasteiger partial charge >= 0.3 is 17.6 Å². The van der Waals surface area contributed by atoms with Crippen molar-refractivity contribution in [3.63, 3.8) is 0 Å². The SMILES string of the molecule is O=C(O)CCC(Oc1cc(Cl)c(Br)cc1[N+](=O)[O-])C(=O)O. The maximum absolute atomic E-state index is 11.0. The van der Waals surface area contributed by atoms with E-state index in [1.54, 1.807) is 0 Å². The van der Waals surface area contributed by atoms with E-state index in [2.05, 4.69) is 15.9 Å². The van der Waals surface area contributed by atoms with Crippen LogP contribution in [-0.4, -0.2) is 33.2 Å². The number of nitrogens with zero attached hydrogens (tertiary/aromatic N) is 1. The molecule has 1 rings (SSSR count). The number of carboxylic acids is 2. The van der Waals surface area contributed by atoms with Gasteiger partial charge in [0.1, 0.15) is 0 Å². The number of hydrogen-bond donors (Lipinski definition) is 2. The van der Waals surface area contributed by atoms with Crippen LogP contribution in [0.2, 0.25) is 5.02 Å². The minimum atomic E-state index is -1.53. The van der Waals surface area contributed by atoms with E-state index in [-0.39, 0.29) is 21.7 Å². The van der Waals surface area contributed by atoms with E-state index in [0.717, 1.165) is 12.1 Å². The molecular formula is C11H9BrClNO7.